The number of piperidine rings is 1. The molecule has 0 radical (unpaired) electrons. The summed E-state index contributed by atoms with van der Waals surface area (Å²) in [7, 11) is -3.39. The van der Waals surface area contributed by atoms with Crippen molar-refractivity contribution in [1.29, 1.82) is 0 Å². The number of benzene rings is 1. The Morgan fingerprint density at radius 3 is 2.37 bits per heavy atom. The number of nitrogens with zero attached hydrogens (tertiary/aromatic N) is 1. The van der Waals surface area contributed by atoms with Gasteiger partial charge in [-0.25, -0.2) is 8.42 Å². The monoisotopic (exact) mass is 436 g/mol. The maximum atomic E-state index is 12.7. The zero-order valence-corrected chi connectivity index (χ0v) is 18.8. The van der Waals surface area contributed by atoms with Gasteiger partial charge in [-0.15, -0.1) is 0 Å². The number of amides is 1. The fraction of sp³-hybridized carbons (Fsp3) is 0.696. The molecule has 0 spiro atoms. The summed E-state index contributed by atoms with van der Waals surface area (Å²) in [5.41, 5.74) is 0.975. The van der Waals surface area contributed by atoms with Crippen LogP contribution in [-0.4, -0.2) is 51.0 Å². The second-order valence-corrected chi connectivity index (χ2v) is 10.4. The van der Waals surface area contributed by atoms with E-state index in [1.807, 2.05) is 12.1 Å². The first-order valence-corrected chi connectivity index (χ1v) is 13.0. The van der Waals surface area contributed by atoms with Crippen molar-refractivity contribution in [2.24, 2.45) is 0 Å². The fourth-order valence-electron chi connectivity index (χ4n) is 4.21. The molecule has 0 unspecified atom stereocenters. The molecule has 3 rings (SSSR count). The molecule has 168 valence electrons. The molecule has 1 aliphatic heterocycles. The quantitative estimate of drug-likeness (QED) is 0.568. The van der Waals surface area contributed by atoms with Crippen molar-refractivity contribution < 1.29 is 17.9 Å². The lowest BCUT2D eigenvalue weighted by atomic mass is 9.98. The molecule has 0 aromatic heterocycles. The second-order valence-electron chi connectivity index (χ2n) is 8.44. The maximum Gasteiger partial charge on any atom is 0.243 e. The van der Waals surface area contributed by atoms with Gasteiger partial charge in [0.2, 0.25) is 15.9 Å². The first kappa shape index (κ1) is 23.2. The second kappa shape index (κ2) is 11.8. The standard InChI is InChI=1S/C23H36N2O4S/c26-23(24-16-7-19-29-21-8-3-1-4-9-21)15-12-20-10-13-22(14-11-20)30(27,28)25-17-5-2-6-18-25/h10-11,13-14,21H,1-9,12,15-19H2,(H,24,26). The molecule has 1 aliphatic carbocycles. The summed E-state index contributed by atoms with van der Waals surface area (Å²) in [6.45, 7) is 2.56. The van der Waals surface area contributed by atoms with Crippen LogP contribution in [0.1, 0.15) is 69.8 Å². The van der Waals surface area contributed by atoms with Crippen molar-refractivity contribution in [2.75, 3.05) is 26.2 Å². The highest BCUT2D eigenvalue weighted by Gasteiger charge is 2.25. The van der Waals surface area contributed by atoms with Crippen LogP contribution >= 0.6 is 0 Å². The average Bonchev–Trinajstić information content (AvgIpc) is 2.79. The highest BCUT2D eigenvalue weighted by atomic mass is 32.2. The van der Waals surface area contributed by atoms with Crippen molar-refractivity contribution in [2.45, 2.75) is 81.6 Å². The summed E-state index contributed by atoms with van der Waals surface area (Å²) in [4.78, 5) is 12.4. The molecule has 2 aliphatic rings. The van der Waals surface area contributed by atoms with Gasteiger partial charge < -0.3 is 10.1 Å². The number of carbonyl (C=O) groups is 1. The van der Waals surface area contributed by atoms with Gasteiger partial charge in [0.1, 0.15) is 0 Å². The Labute approximate surface area is 181 Å². The van der Waals surface area contributed by atoms with E-state index in [1.54, 1.807) is 16.4 Å². The molecule has 6 nitrogen and oxygen atoms in total. The fourth-order valence-corrected chi connectivity index (χ4v) is 5.73. The molecule has 0 bridgehead atoms. The van der Waals surface area contributed by atoms with E-state index in [9.17, 15) is 13.2 Å². The Kier molecular flexibility index (Phi) is 9.15. The smallest absolute Gasteiger partial charge is 0.243 e. The average molecular weight is 437 g/mol. The lowest BCUT2D eigenvalue weighted by Crippen LogP contribution is -2.35. The van der Waals surface area contributed by atoms with Gasteiger partial charge in [0.05, 0.1) is 11.0 Å². The number of aryl methyl sites for hydroxylation is 1. The van der Waals surface area contributed by atoms with Crippen molar-refractivity contribution >= 4 is 15.9 Å². The van der Waals surface area contributed by atoms with Crippen LogP contribution < -0.4 is 5.32 Å². The normalized spacial score (nSPS) is 18.9. The Morgan fingerprint density at radius 1 is 1.00 bits per heavy atom. The van der Waals surface area contributed by atoms with Gasteiger partial charge in [-0.2, -0.15) is 4.31 Å². The van der Waals surface area contributed by atoms with E-state index in [0.717, 1.165) is 31.2 Å². The molecule has 1 heterocycles. The van der Waals surface area contributed by atoms with Gasteiger partial charge in [0.15, 0.2) is 0 Å². The predicted molar refractivity (Wildman–Crippen MR) is 118 cm³/mol. The van der Waals surface area contributed by atoms with Crippen LogP contribution in [0.3, 0.4) is 0 Å². The summed E-state index contributed by atoms with van der Waals surface area (Å²) >= 11 is 0. The number of hydrogen-bond acceptors (Lipinski definition) is 4. The van der Waals surface area contributed by atoms with E-state index >= 15 is 0 Å². The topological polar surface area (TPSA) is 75.7 Å². The molecule has 1 aromatic carbocycles. The van der Waals surface area contributed by atoms with Crippen LogP contribution in [-0.2, 0) is 26.0 Å². The zero-order valence-electron chi connectivity index (χ0n) is 18.0. The van der Waals surface area contributed by atoms with Crippen LogP contribution in [0.4, 0.5) is 0 Å². The van der Waals surface area contributed by atoms with Crippen molar-refractivity contribution in [3.8, 4) is 0 Å². The Morgan fingerprint density at radius 2 is 1.67 bits per heavy atom. The van der Waals surface area contributed by atoms with Crippen LogP contribution in [0.5, 0.6) is 0 Å². The Hall–Kier alpha value is -1.44. The van der Waals surface area contributed by atoms with Crippen molar-refractivity contribution in [3.05, 3.63) is 29.8 Å². The van der Waals surface area contributed by atoms with Gasteiger partial charge in [0, 0.05) is 32.7 Å². The largest absolute Gasteiger partial charge is 0.378 e. The molecule has 0 atom stereocenters. The minimum Gasteiger partial charge on any atom is -0.378 e. The van der Waals surface area contributed by atoms with E-state index < -0.39 is 10.0 Å². The summed E-state index contributed by atoms with van der Waals surface area (Å²) in [6.07, 6.45) is 11.4. The van der Waals surface area contributed by atoms with E-state index in [0.29, 0.717) is 50.1 Å². The molecule has 7 heteroatoms. The number of carbonyl (C=O) groups excluding carboxylic acids is 1. The van der Waals surface area contributed by atoms with E-state index in [1.165, 1.54) is 32.1 Å². The molecule has 30 heavy (non-hydrogen) atoms. The van der Waals surface area contributed by atoms with Gasteiger partial charge >= 0.3 is 0 Å². The van der Waals surface area contributed by atoms with Gasteiger partial charge in [0.25, 0.3) is 0 Å². The highest BCUT2D eigenvalue weighted by molar-refractivity contribution is 7.89. The summed E-state index contributed by atoms with van der Waals surface area (Å²) in [6, 6.07) is 6.98. The zero-order chi connectivity index (χ0) is 21.2. The minimum absolute atomic E-state index is 0.0256. The highest BCUT2D eigenvalue weighted by Crippen LogP contribution is 2.21. The number of ether oxygens (including phenoxy) is 1. The molecule has 1 saturated heterocycles. The third-order valence-electron chi connectivity index (χ3n) is 6.07. The lowest BCUT2D eigenvalue weighted by Gasteiger charge is -2.25. The van der Waals surface area contributed by atoms with Crippen molar-refractivity contribution in [1.82, 2.24) is 9.62 Å². The minimum atomic E-state index is -3.39. The first-order valence-electron chi connectivity index (χ1n) is 11.5. The number of nitrogens with one attached hydrogen (secondary N) is 1. The maximum absolute atomic E-state index is 12.7. The number of hydrogen-bond donors (Lipinski definition) is 1. The van der Waals surface area contributed by atoms with Crippen LogP contribution in [0.2, 0.25) is 0 Å². The van der Waals surface area contributed by atoms with Gasteiger partial charge in [-0.1, -0.05) is 37.8 Å². The molecular weight excluding hydrogens is 400 g/mol. The molecule has 1 N–H and O–H groups in total. The van der Waals surface area contributed by atoms with Crippen LogP contribution in [0.25, 0.3) is 0 Å². The molecule has 1 amide bonds. The molecule has 1 saturated carbocycles. The third-order valence-corrected chi connectivity index (χ3v) is 7.98. The Balaban J connectivity index is 1.33. The number of sulfonamides is 1. The lowest BCUT2D eigenvalue weighted by molar-refractivity contribution is -0.121. The summed E-state index contributed by atoms with van der Waals surface area (Å²) < 4.78 is 32.8. The van der Waals surface area contributed by atoms with Crippen LogP contribution in [0, 0.1) is 0 Å². The number of rotatable bonds is 10. The van der Waals surface area contributed by atoms with Gasteiger partial charge in [-0.05, 0) is 56.2 Å². The third kappa shape index (κ3) is 7.06. The molecular formula is C23H36N2O4S. The summed E-state index contributed by atoms with van der Waals surface area (Å²) in [5, 5.41) is 2.95. The van der Waals surface area contributed by atoms with E-state index in [2.05, 4.69) is 5.32 Å². The Bertz CT molecular complexity index is 752. The molecule has 1 aromatic rings. The first-order chi connectivity index (χ1) is 14.6. The molecule has 2 fully saturated rings. The van der Waals surface area contributed by atoms with Gasteiger partial charge in [-0.3, -0.25) is 4.79 Å². The van der Waals surface area contributed by atoms with E-state index in [4.69, 9.17) is 4.74 Å². The van der Waals surface area contributed by atoms with Crippen molar-refractivity contribution in [3.63, 3.8) is 0 Å². The predicted octanol–water partition coefficient (Wildman–Crippen LogP) is 3.65. The van der Waals surface area contributed by atoms with Crippen LogP contribution in [0.15, 0.2) is 29.2 Å². The SMILES string of the molecule is O=C(CCc1ccc(S(=O)(=O)N2CCCCC2)cc1)NCCCOC1CCCCC1. The summed E-state index contributed by atoms with van der Waals surface area (Å²) in [5.74, 6) is 0.0256. The van der Waals surface area contributed by atoms with E-state index in [-0.39, 0.29) is 5.91 Å².